The number of rotatable bonds is 7. The number of carbonyl (C=O) groups is 1. The second-order valence-corrected chi connectivity index (χ2v) is 8.46. The van der Waals surface area contributed by atoms with E-state index in [4.69, 9.17) is 23.1 Å². The van der Waals surface area contributed by atoms with Gasteiger partial charge in [0.1, 0.15) is 33.6 Å². The summed E-state index contributed by atoms with van der Waals surface area (Å²) in [6.07, 6.45) is 1.54. The van der Waals surface area contributed by atoms with Crippen molar-refractivity contribution < 1.29 is 36.3 Å². The predicted molar refractivity (Wildman–Crippen MR) is 120 cm³/mol. The molecule has 0 radical (unpaired) electrons. The summed E-state index contributed by atoms with van der Waals surface area (Å²) >= 11 is 0. The molecule has 1 heterocycles. The molecule has 9 heteroatoms. The number of benzene rings is 3. The van der Waals surface area contributed by atoms with Crippen LogP contribution >= 0.6 is 0 Å². The van der Waals surface area contributed by atoms with Crippen LogP contribution in [0.4, 0.5) is 0 Å². The molecule has 3 aromatic rings. The van der Waals surface area contributed by atoms with Crippen LogP contribution in [0, 0.1) is 0 Å². The number of carbonyl (C=O) groups excluding carboxylic acids is 1. The van der Waals surface area contributed by atoms with Gasteiger partial charge in [-0.3, -0.25) is 4.79 Å². The van der Waals surface area contributed by atoms with Crippen molar-refractivity contribution in [2.75, 3.05) is 21.3 Å². The van der Waals surface area contributed by atoms with Crippen LogP contribution in [0.3, 0.4) is 0 Å². The van der Waals surface area contributed by atoms with Crippen molar-refractivity contribution in [1.82, 2.24) is 0 Å². The van der Waals surface area contributed by atoms with E-state index in [2.05, 4.69) is 0 Å². The van der Waals surface area contributed by atoms with E-state index in [1.165, 1.54) is 69.9 Å². The number of ketones is 1. The van der Waals surface area contributed by atoms with Gasteiger partial charge in [-0.1, -0.05) is 0 Å². The van der Waals surface area contributed by atoms with Crippen molar-refractivity contribution in [3.8, 4) is 28.7 Å². The van der Waals surface area contributed by atoms with Gasteiger partial charge in [0.15, 0.2) is 5.76 Å². The van der Waals surface area contributed by atoms with Gasteiger partial charge in [-0.25, -0.2) is 0 Å². The van der Waals surface area contributed by atoms with Crippen LogP contribution in [0.5, 0.6) is 28.7 Å². The summed E-state index contributed by atoms with van der Waals surface area (Å²) in [6.45, 7) is 0. The molecular formula is C24H20O8S. The molecule has 0 aliphatic carbocycles. The fraction of sp³-hybridized carbons (Fsp3) is 0.125. The lowest BCUT2D eigenvalue weighted by atomic mass is 10.1. The molecule has 0 spiro atoms. The minimum Gasteiger partial charge on any atom is -0.497 e. The summed E-state index contributed by atoms with van der Waals surface area (Å²) in [6, 6.07) is 15.2. The highest BCUT2D eigenvalue weighted by Crippen LogP contribution is 2.37. The molecular weight excluding hydrogens is 448 g/mol. The van der Waals surface area contributed by atoms with E-state index >= 15 is 0 Å². The Bertz CT molecular complexity index is 1340. The number of hydrogen-bond donors (Lipinski definition) is 0. The Hall–Kier alpha value is -3.98. The van der Waals surface area contributed by atoms with Gasteiger partial charge in [0.05, 0.1) is 26.9 Å². The van der Waals surface area contributed by atoms with Crippen molar-refractivity contribution in [1.29, 1.82) is 0 Å². The third kappa shape index (κ3) is 4.49. The zero-order chi connectivity index (χ0) is 23.6. The van der Waals surface area contributed by atoms with E-state index in [9.17, 15) is 13.2 Å². The summed E-state index contributed by atoms with van der Waals surface area (Å²) in [5.41, 5.74) is 0.879. The van der Waals surface area contributed by atoms with Gasteiger partial charge in [0, 0.05) is 11.6 Å². The minimum atomic E-state index is -4.09. The third-order valence-electron chi connectivity index (χ3n) is 4.92. The molecule has 33 heavy (non-hydrogen) atoms. The molecule has 1 aliphatic rings. The molecule has 0 N–H and O–H groups in total. The fourth-order valence-corrected chi connectivity index (χ4v) is 4.15. The van der Waals surface area contributed by atoms with Crippen molar-refractivity contribution in [3.05, 3.63) is 77.5 Å². The van der Waals surface area contributed by atoms with Gasteiger partial charge in [0.2, 0.25) is 5.78 Å². The van der Waals surface area contributed by atoms with E-state index in [0.29, 0.717) is 22.8 Å². The van der Waals surface area contributed by atoms with E-state index < -0.39 is 10.1 Å². The molecule has 8 nitrogen and oxygen atoms in total. The quantitative estimate of drug-likeness (QED) is 0.378. The predicted octanol–water partition coefficient (Wildman–Crippen LogP) is 4.10. The molecule has 0 saturated heterocycles. The second kappa shape index (κ2) is 8.87. The summed E-state index contributed by atoms with van der Waals surface area (Å²) in [5, 5.41) is 0. The topological polar surface area (TPSA) is 97.4 Å². The molecule has 0 atom stereocenters. The first-order valence-corrected chi connectivity index (χ1v) is 11.1. The Morgan fingerprint density at radius 3 is 2.12 bits per heavy atom. The van der Waals surface area contributed by atoms with Gasteiger partial charge < -0.3 is 23.1 Å². The summed E-state index contributed by atoms with van der Waals surface area (Å²) in [5.74, 6) is 1.56. The highest BCUT2D eigenvalue weighted by atomic mass is 32.2. The Labute approximate surface area is 191 Å². The molecule has 0 saturated carbocycles. The van der Waals surface area contributed by atoms with Crippen LogP contribution in [0.2, 0.25) is 0 Å². The fourth-order valence-electron chi connectivity index (χ4n) is 3.23. The highest BCUT2D eigenvalue weighted by Gasteiger charge is 2.29. The molecule has 170 valence electrons. The maximum atomic E-state index is 12.8. The molecule has 0 aromatic heterocycles. The third-order valence-corrected chi connectivity index (χ3v) is 6.18. The lowest BCUT2D eigenvalue weighted by Crippen LogP contribution is -2.09. The normalized spacial score (nSPS) is 13.9. The van der Waals surface area contributed by atoms with E-state index in [0.717, 1.165) is 0 Å². The van der Waals surface area contributed by atoms with Crippen molar-refractivity contribution >= 4 is 22.0 Å². The molecule has 1 aliphatic heterocycles. The van der Waals surface area contributed by atoms with Crippen LogP contribution in [0.25, 0.3) is 6.08 Å². The molecule has 0 fully saturated rings. The number of ether oxygens (including phenoxy) is 4. The Morgan fingerprint density at radius 2 is 1.45 bits per heavy atom. The SMILES string of the molecule is COc1ccc(S(=O)(=O)Oc2ccc3c(c2)O/C(=C\c2cc(OC)ccc2OC)C3=O)cc1. The van der Waals surface area contributed by atoms with Crippen LogP contribution in [0.15, 0.2) is 71.3 Å². The molecule has 4 rings (SSSR count). The van der Waals surface area contributed by atoms with E-state index in [-0.39, 0.29) is 33.5 Å². The summed E-state index contributed by atoms with van der Waals surface area (Å²) < 4.78 is 51.7. The molecule has 3 aromatic carbocycles. The maximum absolute atomic E-state index is 12.8. The average molecular weight is 468 g/mol. The monoisotopic (exact) mass is 468 g/mol. The number of Topliss-reactive ketones (excluding diaryl/α,β-unsaturated/α-hetero) is 1. The van der Waals surface area contributed by atoms with Crippen LogP contribution in [-0.4, -0.2) is 35.5 Å². The zero-order valence-corrected chi connectivity index (χ0v) is 18.8. The van der Waals surface area contributed by atoms with Crippen molar-refractivity contribution in [2.24, 2.45) is 0 Å². The average Bonchev–Trinajstić information content (AvgIpc) is 3.13. The van der Waals surface area contributed by atoms with Crippen molar-refractivity contribution in [2.45, 2.75) is 4.90 Å². The first kappa shape index (κ1) is 22.2. The van der Waals surface area contributed by atoms with Gasteiger partial charge in [-0.2, -0.15) is 8.42 Å². The largest absolute Gasteiger partial charge is 0.497 e. The van der Waals surface area contributed by atoms with E-state index in [1.807, 2.05) is 0 Å². The molecule has 0 bridgehead atoms. The van der Waals surface area contributed by atoms with Gasteiger partial charge in [-0.15, -0.1) is 0 Å². The first-order valence-electron chi connectivity index (χ1n) is 9.73. The first-order chi connectivity index (χ1) is 15.8. The smallest absolute Gasteiger partial charge is 0.339 e. The van der Waals surface area contributed by atoms with Crippen LogP contribution in [0.1, 0.15) is 15.9 Å². The summed E-state index contributed by atoms with van der Waals surface area (Å²) in [7, 11) is 0.448. The highest BCUT2D eigenvalue weighted by molar-refractivity contribution is 7.87. The number of methoxy groups -OCH3 is 3. The number of allylic oxidation sites excluding steroid dienone is 1. The van der Waals surface area contributed by atoms with Gasteiger partial charge in [-0.05, 0) is 60.7 Å². The maximum Gasteiger partial charge on any atom is 0.339 e. The van der Waals surface area contributed by atoms with Crippen molar-refractivity contribution in [3.63, 3.8) is 0 Å². The lowest BCUT2D eigenvalue weighted by Gasteiger charge is -2.09. The van der Waals surface area contributed by atoms with Crippen LogP contribution in [-0.2, 0) is 10.1 Å². The summed E-state index contributed by atoms with van der Waals surface area (Å²) in [4.78, 5) is 12.8. The Kier molecular flexibility index (Phi) is 5.97. The second-order valence-electron chi connectivity index (χ2n) is 6.92. The van der Waals surface area contributed by atoms with Gasteiger partial charge >= 0.3 is 10.1 Å². The molecule has 0 amide bonds. The minimum absolute atomic E-state index is 0.0116. The Balaban J connectivity index is 1.60. The lowest BCUT2D eigenvalue weighted by molar-refractivity contribution is 0.101. The zero-order valence-electron chi connectivity index (χ0n) is 18.0. The Morgan fingerprint density at radius 1 is 0.788 bits per heavy atom. The number of fused-ring (bicyclic) bond motifs is 1. The standard InChI is InChI=1S/C24H20O8S/c1-28-16-4-8-19(9-5-16)33(26,27)32-18-6-10-20-22(14-18)31-23(24(20)25)13-15-12-17(29-2)7-11-21(15)30-3/h4-14H,1-3H3/b23-13-. The van der Waals surface area contributed by atoms with Gasteiger partial charge in [0.25, 0.3) is 0 Å². The molecule has 0 unspecified atom stereocenters. The van der Waals surface area contributed by atoms with E-state index in [1.54, 1.807) is 18.2 Å². The van der Waals surface area contributed by atoms with Crippen LogP contribution < -0.4 is 23.1 Å². The number of hydrogen-bond acceptors (Lipinski definition) is 8.